The summed E-state index contributed by atoms with van der Waals surface area (Å²) in [5, 5.41) is 8.55. The van der Waals surface area contributed by atoms with Crippen molar-refractivity contribution in [3.63, 3.8) is 0 Å². The van der Waals surface area contributed by atoms with E-state index in [1.54, 1.807) is 6.92 Å². The second kappa shape index (κ2) is 6.20. The molecule has 0 radical (unpaired) electrons. The molecular formula is C12H16FNO3. The number of nitrogens with two attached hydrogens (primary N) is 1. The third-order valence-electron chi connectivity index (χ3n) is 2.41. The Morgan fingerprint density at radius 2 is 2.18 bits per heavy atom. The number of benzene rings is 1. The molecule has 0 heterocycles. The zero-order chi connectivity index (χ0) is 12.8. The molecular weight excluding hydrogens is 225 g/mol. The minimum Gasteiger partial charge on any atom is -0.462 e. The summed E-state index contributed by atoms with van der Waals surface area (Å²) in [6, 6.07) is 2.51. The highest BCUT2D eigenvalue weighted by atomic mass is 19.1. The topological polar surface area (TPSA) is 72.6 Å². The minimum atomic E-state index is -0.603. The molecule has 0 aliphatic heterocycles. The predicted octanol–water partition coefficient (Wildman–Crippen LogP) is 1.65. The van der Waals surface area contributed by atoms with E-state index in [4.69, 9.17) is 15.6 Å². The molecule has 0 atom stereocenters. The number of carbonyl (C=O) groups is 1. The highest BCUT2D eigenvalue weighted by molar-refractivity contribution is 5.90. The summed E-state index contributed by atoms with van der Waals surface area (Å²) in [5.41, 5.74) is 6.21. The van der Waals surface area contributed by atoms with E-state index in [9.17, 15) is 9.18 Å². The lowest BCUT2D eigenvalue weighted by molar-refractivity contribution is 0.0492. The molecule has 0 spiro atoms. The quantitative estimate of drug-likeness (QED) is 0.467. The number of aliphatic hydroxyl groups is 1. The first-order chi connectivity index (χ1) is 8.06. The molecule has 0 saturated carbocycles. The molecule has 0 amide bonds. The number of hydrogen-bond donors (Lipinski definition) is 2. The largest absolute Gasteiger partial charge is 0.462 e. The number of carbonyl (C=O) groups excluding carboxylic acids is 1. The summed E-state index contributed by atoms with van der Waals surface area (Å²) in [5.74, 6) is -1.12. The van der Waals surface area contributed by atoms with Gasteiger partial charge in [-0.1, -0.05) is 0 Å². The Hall–Kier alpha value is -1.62. The fraction of sp³-hybridized carbons (Fsp3) is 0.417. The summed E-state index contributed by atoms with van der Waals surface area (Å²) in [7, 11) is 0. The van der Waals surface area contributed by atoms with E-state index in [0.29, 0.717) is 18.4 Å². The van der Waals surface area contributed by atoms with Gasteiger partial charge in [0.1, 0.15) is 5.82 Å². The number of esters is 1. The molecule has 1 aromatic carbocycles. The van der Waals surface area contributed by atoms with Gasteiger partial charge in [0.25, 0.3) is 0 Å². The number of anilines is 1. The number of rotatable bonds is 5. The third-order valence-corrected chi connectivity index (χ3v) is 2.41. The summed E-state index contributed by atoms with van der Waals surface area (Å²) in [4.78, 5) is 11.5. The number of ether oxygens (including phenoxy) is 1. The summed E-state index contributed by atoms with van der Waals surface area (Å²) in [6.07, 6.45) is 1.14. The van der Waals surface area contributed by atoms with Crippen molar-refractivity contribution in [2.24, 2.45) is 0 Å². The van der Waals surface area contributed by atoms with Crippen LogP contribution in [-0.4, -0.2) is 24.3 Å². The molecule has 0 unspecified atom stereocenters. The molecule has 94 valence electrons. The molecule has 0 saturated heterocycles. The van der Waals surface area contributed by atoms with Crippen molar-refractivity contribution >= 4 is 11.7 Å². The molecule has 17 heavy (non-hydrogen) atoms. The monoisotopic (exact) mass is 241 g/mol. The van der Waals surface area contributed by atoms with Crippen molar-refractivity contribution in [1.82, 2.24) is 0 Å². The minimum absolute atomic E-state index is 0.0592. The third kappa shape index (κ3) is 3.71. The van der Waals surface area contributed by atoms with Crippen LogP contribution < -0.4 is 5.73 Å². The van der Waals surface area contributed by atoms with E-state index in [2.05, 4.69) is 0 Å². The molecule has 1 rings (SSSR count). The summed E-state index contributed by atoms with van der Waals surface area (Å²) >= 11 is 0. The Morgan fingerprint density at radius 3 is 2.76 bits per heavy atom. The van der Waals surface area contributed by atoms with Gasteiger partial charge in [-0.2, -0.15) is 0 Å². The lowest BCUT2D eigenvalue weighted by atomic mass is 10.1. The number of halogens is 1. The van der Waals surface area contributed by atoms with Crippen LogP contribution in [0.25, 0.3) is 0 Å². The van der Waals surface area contributed by atoms with Gasteiger partial charge in [-0.25, -0.2) is 9.18 Å². The summed E-state index contributed by atoms with van der Waals surface area (Å²) < 4.78 is 18.2. The van der Waals surface area contributed by atoms with Crippen molar-refractivity contribution < 1.29 is 19.0 Å². The van der Waals surface area contributed by atoms with Gasteiger partial charge in [0.15, 0.2) is 0 Å². The lowest BCUT2D eigenvalue weighted by Gasteiger charge is -2.07. The Morgan fingerprint density at radius 1 is 1.47 bits per heavy atom. The molecule has 0 aliphatic carbocycles. The van der Waals surface area contributed by atoms with Crippen molar-refractivity contribution in [2.75, 3.05) is 18.9 Å². The average molecular weight is 241 g/mol. The Labute approximate surface area is 99.2 Å². The Bertz CT molecular complexity index is 384. The van der Waals surface area contributed by atoms with E-state index in [1.807, 2.05) is 0 Å². The normalized spacial score (nSPS) is 10.3. The highest BCUT2D eigenvalue weighted by Gasteiger charge is 2.12. The standard InChI is InChI=1S/C12H16FNO3/c1-8-10(13)6-9(7-11(8)14)12(16)17-5-3-2-4-15/h6-7,15H,2-5,14H2,1H3. The van der Waals surface area contributed by atoms with Crippen LogP contribution in [0.15, 0.2) is 12.1 Å². The fourth-order valence-corrected chi connectivity index (χ4v) is 1.28. The van der Waals surface area contributed by atoms with Crippen molar-refractivity contribution in [2.45, 2.75) is 19.8 Å². The molecule has 3 N–H and O–H groups in total. The van der Waals surface area contributed by atoms with Crippen LogP contribution in [-0.2, 0) is 4.74 Å². The molecule has 0 aliphatic rings. The number of nitrogen functional groups attached to an aromatic ring is 1. The van der Waals surface area contributed by atoms with Crippen LogP contribution in [0.1, 0.15) is 28.8 Å². The predicted molar refractivity (Wildman–Crippen MR) is 62.2 cm³/mol. The molecule has 5 heteroatoms. The fourth-order valence-electron chi connectivity index (χ4n) is 1.28. The van der Waals surface area contributed by atoms with Crippen LogP contribution in [0.2, 0.25) is 0 Å². The Kier molecular flexibility index (Phi) is 4.90. The number of aliphatic hydroxyl groups excluding tert-OH is 1. The van der Waals surface area contributed by atoms with Crippen molar-refractivity contribution in [3.8, 4) is 0 Å². The Balaban J connectivity index is 2.63. The average Bonchev–Trinajstić information content (AvgIpc) is 2.30. The van der Waals surface area contributed by atoms with E-state index in [-0.39, 0.29) is 24.5 Å². The first-order valence-electron chi connectivity index (χ1n) is 5.40. The first kappa shape index (κ1) is 13.4. The van der Waals surface area contributed by atoms with E-state index in [0.717, 1.165) is 6.07 Å². The first-order valence-corrected chi connectivity index (χ1v) is 5.40. The van der Waals surface area contributed by atoms with Crippen molar-refractivity contribution in [3.05, 3.63) is 29.1 Å². The van der Waals surface area contributed by atoms with E-state index in [1.165, 1.54) is 6.07 Å². The van der Waals surface area contributed by atoms with E-state index < -0.39 is 11.8 Å². The highest BCUT2D eigenvalue weighted by Crippen LogP contribution is 2.18. The van der Waals surface area contributed by atoms with Gasteiger partial charge in [0, 0.05) is 17.9 Å². The maximum Gasteiger partial charge on any atom is 0.338 e. The van der Waals surface area contributed by atoms with Gasteiger partial charge in [-0.3, -0.25) is 0 Å². The second-order valence-corrected chi connectivity index (χ2v) is 3.74. The summed E-state index contributed by atoms with van der Waals surface area (Å²) in [6.45, 7) is 1.81. The molecule has 0 aromatic heterocycles. The van der Waals surface area contributed by atoms with Crippen LogP contribution in [0.4, 0.5) is 10.1 Å². The molecule has 0 fully saturated rings. The van der Waals surface area contributed by atoms with Crippen LogP contribution in [0, 0.1) is 12.7 Å². The number of unbranched alkanes of at least 4 members (excludes halogenated alkanes) is 1. The van der Waals surface area contributed by atoms with E-state index >= 15 is 0 Å². The van der Waals surface area contributed by atoms with Gasteiger partial charge in [-0.05, 0) is 31.9 Å². The molecule has 4 nitrogen and oxygen atoms in total. The van der Waals surface area contributed by atoms with Gasteiger partial charge >= 0.3 is 5.97 Å². The smallest absolute Gasteiger partial charge is 0.338 e. The zero-order valence-electron chi connectivity index (χ0n) is 9.70. The van der Waals surface area contributed by atoms with Crippen LogP contribution >= 0.6 is 0 Å². The van der Waals surface area contributed by atoms with Gasteiger partial charge in [-0.15, -0.1) is 0 Å². The van der Waals surface area contributed by atoms with Gasteiger partial charge in [0.05, 0.1) is 12.2 Å². The maximum atomic E-state index is 13.3. The molecule has 0 bridgehead atoms. The van der Waals surface area contributed by atoms with Crippen molar-refractivity contribution in [1.29, 1.82) is 0 Å². The SMILES string of the molecule is Cc1c(N)cc(C(=O)OCCCCO)cc1F. The lowest BCUT2D eigenvalue weighted by Crippen LogP contribution is -2.08. The molecule has 1 aromatic rings. The second-order valence-electron chi connectivity index (χ2n) is 3.74. The van der Waals surface area contributed by atoms with Gasteiger partial charge in [0.2, 0.25) is 0 Å². The van der Waals surface area contributed by atoms with Crippen LogP contribution in [0.3, 0.4) is 0 Å². The number of hydrogen-bond acceptors (Lipinski definition) is 4. The van der Waals surface area contributed by atoms with Gasteiger partial charge < -0.3 is 15.6 Å². The maximum absolute atomic E-state index is 13.3. The van der Waals surface area contributed by atoms with Crippen LogP contribution in [0.5, 0.6) is 0 Å². The zero-order valence-corrected chi connectivity index (χ0v) is 9.70.